The van der Waals surface area contributed by atoms with Crippen LogP contribution in [-0.2, 0) is 0 Å². The Bertz CT molecular complexity index is 845. The van der Waals surface area contributed by atoms with Crippen LogP contribution in [0.15, 0.2) is 46.2 Å². The minimum atomic E-state index is -0.406. The molecule has 1 heterocycles. The third-order valence-corrected chi connectivity index (χ3v) is 4.90. The second-order valence-corrected chi connectivity index (χ2v) is 6.67. The van der Waals surface area contributed by atoms with Gasteiger partial charge in [0.05, 0.1) is 29.9 Å². The fraction of sp³-hybridized carbons (Fsp3) is 0.0714. The number of fused-ring (bicyclic) bond motifs is 1. The lowest BCUT2D eigenvalue weighted by Gasteiger charge is -2.05. The molecule has 0 atom stereocenters. The fourth-order valence-corrected chi connectivity index (χ4v) is 3.75. The normalized spacial score (nSPS) is 10.9. The molecule has 3 aromatic rings. The predicted molar refractivity (Wildman–Crippen MR) is 83.2 cm³/mol. The number of phenolic OH excluding ortho intramolecular Hbond substituents is 1. The van der Waals surface area contributed by atoms with Gasteiger partial charge in [0.15, 0.2) is 0 Å². The summed E-state index contributed by atoms with van der Waals surface area (Å²) in [5.74, 6) is 0.103. The Morgan fingerprint density at radius 2 is 2.05 bits per heavy atom. The highest BCUT2D eigenvalue weighted by molar-refractivity contribution is 7.99. The summed E-state index contributed by atoms with van der Waals surface area (Å²) in [7, 11) is 0. The van der Waals surface area contributed by atoms with E-state index in [0.717, 1.165) is 15.2 Å². The first-order chi connectivity index (χ1) is 10.0. The van der Waals surface area contributed by atoms with Crippen LogP contribution >= 0.6 is 23.1 Å². The lowest BCUT2D eigenvalue weighted by molar-refractivity contribution is -0.387. The van der Waals surface area contributed by atoms with Crippen molar-refractivity contribution in [3.05, 3.63) is 51.5 Å². The number of benzene rings is 2. The third-order valence-electron chi connectivity index (χ3n) is 2.86. The molecule has 1 aromatic heterocycles. The first kappa shape index (κ1) is 13.8. The van der Waals surface area contributed by atoms with Gasteiger partial charge in [0, 0.05) is 6.07 Å². The Kier molecular flexibility index (Phi) is 3.52. The summed E-state index contributed by atoms with van der Waals surface area (Å²) in [4.78, 5) is 16.3. The van der Waals surface area contributed by atoms with Crippen LogP contribution in [0.3, 0.4) is 0 Å². The Hall–Kier alpha value is -2.12. The van der Waals surface area contributed by atoms with Gasteiger partial charge in [-0.1, -0.05) is 23.9 Å². The molecular formula is C14H10N2O3S2. The Morgan fingerprint density at radius 3 is 2.76 bits per heavy atom. The minimum Gasteiger partial charge on any atom is -0.507 e. The number of aromatic nitrogens is 1. The molecule has 0 bridgehead atoms. The molecule has 0 aliphatic carbocycles. The van der Waals surface area contributed by atoms with E-state index < -0.39 is 4.92 Å². The van der Waals surface area contributed by atoms with E-state index in [9.17, 15) is 15.2 Å². The maximum absolute atomic E-state index is 11.3. The van der Waals surface area contributed by atoms with E-state index in [4.69, 9.17) is 0 Å². The largest absolute Gasteiger partial charge is 0.507 e. The van der Waals surface area contributed by atoms with E-state index in [1.54, 1.807) is 36.4 Å². The van der Waals surface area contributed by atoms with Crippen molar-refractivity contribution < 1.29 is 10.0 Å². The van der Waals surface area contributed by atoms with Crippen molar-refractivity contribution in [3.8, 4) is 5.75 Å². The summed E-state index contributed by atoms with van der Waals surface area (Å²) in [6.45, 7) is 1.87. The summed E-state index contributed by atoms with van der Waals surface area (Å²) in [5.41, 5.74) is 0.764. The van der Waals surface area contributed by atoms with Crippen LogP contribution in [0, 0.1) is 17.0 Å². The second kappa shape index (κ2) is 5.34. The number of nitro benzene ring substituents is 1. The van der Waals surface area contributed by atoms with Gasteiger partial charge in [0.1, 0.15) is 5.75 Å². The number of para-hydroxylation sites is 1. The highest BCUT2D eigenvalue weighted by atomic mass is 32.2. The first-order valence-electron chi connectivity index (χ1n) is 6.06. The van der Waals surface area contributed by atoms with E-state index in [0.29, 0.717) is 9.79 Å². The Labute approximate surface area is 128 Å². The van der Waals surface area contributed by atoms with Crippen LogP contribution in [0.2, 0.25) is 0 Å². The smallest absolute Gasteiger partial charge is 0.284 e. The van der Waals surface area contributed by atoms with Crippen molar-refractivity contribution in [2.75, 3.05) is 0 Å². The molecule has 7 heteroatoms. The summed E-state index contributed by atoms with van der Waals surface area (Å²) in [6, 6.07) is 10.0. The lowest BCUT2D eigenvalue weighted by atomic mass is 10.3. The molecule has 0 unspecified atom stereocenters. The molecule has 0 fully saturated rings. The second-order valence-electron chi connectivity index (χ2n) is 4.35. The number of hydrogen-bond acceptors (Lipinski definition) is 6. The zero-order valence-corrected chi connectivity index (χ0v) is 12.6. The summed E-state index contributed by atoms with van der Waals surface area (Å²) >= 11 is 2.59. The maximum atomic E-state index is 11.3. The van der Waals surface area contributed by atoms with Gasteiger partial charge in [0.25, 0.3) is 5.69 Å². The SMILES string of the molecule is Cc1nc2cc(Sc3ccccc3O)c([N+](=O)[O-])cc2s1. The van der Waals surface area contributed by atoms with Crippen molar-refractivity contribution >= 4 is 39.0 Å². The Balaban J connectivity index is 2.13. The van der Waals surface area contributed by atoms with E-state index in [-0.39, 0.29) is 11.4 Å². The van der Waals surface area contributed by atoms with Crippen LogP contribution in [0.25, 0.3) is 10.2 Å². The molecule has 0 saturated carbocycles. The van der Waals surface area contributed by atoms with Gasteiger partial charge in [-0.25, -0.2) is 4.98 Å². The molecule has 0 radical (unpaired) electrons. The highest BCUT2D eigenvalue weighted by Gasteiger charge is 2.19. The quantitative estimate of drug-likeness (QED) is 0.573. The number of rotatable bonds is 3. The van der Waals surface area contributed by atoms with Gasteiger partial charge in [-0.3, -0.25) is 10.1 Å². The van der Waals surface area contributed by atoms with E-state index in [1.807, 2.05) is 6.92 Å². The number of phenols is 1. The molecule has 0 saturated heterocycles. The zero-order chi connectivity index (χ0) is 15.0. The van der Waals surface area contributed by atoms with Crippen molar-refractivity contribution in [1.29, 1.82) is 0 Å². The molecule has 0 spiro atoms. The van der Waals surface area contributed by atoms with Crippen LogP contribution < -0.4 is 0 Å². The average molecular weight is 318 g/mol. The molecule has 5 nitrogen and oxygen atoms in total. The van der Waals surface area contributed by atoms with Gasteiger partial charge in [-0.15, -0.1) is 11.3 Å². The lowest BCUT2D eigenvalue weighted by Crippen LogP contribution is -1.91. The fourth-order valence-electron chi connectivity index (χ4n) is 1.95. The first-order valence-corrected chi connectivity index (χ1v) is 7.69. The van der Waals surface area contributed by atoms with Gasteiger partial charge >= 0.3 is 0 Å². The van der Waals surface area contributed by atoms with Crippen LogP contribution in [0.1, 0.15) is 5.01 Å². The van der Waals surface area contributed by atoms with E-state index in [2.05, 4.69) is 4.98 Å². The molecule has 0 amide bonds. The van der Waals surface area contributed by atoms with Gasteiger partial charge in [0.2, 0.25) is 0 Å². The minimum absolute atomic E-state index is 0.0272. The topological polar surface area (TPSA) is 76.3 Å². The number of nitrogens with zero attached hydrogens (tertiary/aromatic N) is 2. The summed E-state index contributed by atoms with van der Waals surface area (Å²) < 4.78 is 0.792. The van der Waals surface area contributed by atoms with E-state index in [1.165, 1.54) is 23.1 Å². The van der Waals surface area contributed by atoms with E-state index >= 15 is 0 Å². The average Bonchev–Trinajstić information content (AvgIpc) is 2.79. The molecular weight excluding hydrogens is 308 g/mol. The number of nitro groups is 1. The number of aromatic hydroxyl groups is 1. The Morgan fingerprint density at radius 1 is 1.29 bits per heavy atom. The van der Waals surface area contributed by atoms with Crippen molar-refractivity contribution in [3.63, 3.8) is 0 Å². The van der Waals surface area contributed by atoms with Gasteiger partial charge in [-0.2, -0.15) is 0 Å². The van der Waals surface area contributed by atoms with Crippen molar-refractivity contribution in [2.45, 2.75) is 16.7 Å². The molecule has 2 aromatic carbocycles. The van der Waals surface area contributed by atoms with Crippen molar-refractivity contribution in [1.82, 2.24) is 4.98 Å². The maximum Gasteiger partial charge on any atom is 0.284 e. The molecule has 1 N–H and O–H groups in total. The molecule has 106 valence electrons. The van der Waals surface area contributed by atoms with Gasteiger partial charge in [-0.05, 0) is 25.1 Å². The van der Waals surface area contributed by atoms with Gasteiger partial charge < -0.3 is 5.11 Å². The van der Waals surface area contributed by atoms with Crippen LogP contribution in [-0.4, -0.2) is 15.0 Å². The molecule has 0 aliphatic rings. The predicted octanol–water partition coefficient (Wildman–Crippen LogP) is 4.37. The van der Waals surface area contributed by atoms with Crippen LogP contribution in [0.4, 0.5) is 5.69 Å². The standard InChI is InChI=1S/C14H10N2O3S2/c1-8-15-9-6-14(10(16(18)19)7-13(9)20-8)21-12-5-3-2-4-11(12)17/h2-7,17H,1H3. The number of hydrogen-bond donors (Lipinski definition) is 1. The zero-order valence-electron chi connectivity index (χ0n) is 10.9. The monoisotopic (exact) mass is 318 g/mol. The van der Waals surface area contributed by atoms with Crippen LogP contribution in [0.5, 0.6) is 5.75 Å². The summed E-state index contributed by atoms with van der Waals surface area (Å²) in [5, 5.41) is 21.9. The number of thiazole rings is 1. The summed E-state index contributed by atoms with van der Waals surface area (Å²) in [6.07, 6.45) is 0. The third kappa shape index (κ3) is 2.70. The number of aryl methyl sites for hydroxylation is 1. The molecule has 3 rings (SSSR count). The molecule has 21 heavy (non-hydrogen) atoms. The van der Waals surface area contributed by atoms with Crippen molar-refractivity contribution in [2.24, 2.45) is 0 Å². The molecule has 0 aliphatic heterocycles. The highest BCUT2D eigenvalue weighted by Crippen LogP contribution is 2.41.